The minimum atomic E-state index is -0.342. The predicted octanol–water partition coefficient (Wildman–Crippen LogP) is 4.49. The standard InChI is InChI=1S/C23H22ClFN4O/c24-18-4-1-16(2-5-18)13-26-21-11-12-29(15-21)22-10-3-17(14-27-22)23(30)28-20-8-6-19(25)7-9-20/h1-10,14,21,26H,11-13,15H2,(H,28,30)/t21-/m1/s1. The predicted molar refractivity (Wildman–Crippen MR) is 117 cm³/mol. The molecule has 7 heteroatoms. The molecule has 4 rings (SSSR count). The van der Waals surface area contributed by atoms with Crippen molar-refractivity contribution in [2.24, 2.45) is 0 Å². The molecule has 5 nitrogen and oxygen atoms in total. The summed E-state index contributed by atoms with van der Waals surface area (Å²) in [5, 5.41) is 7.06. The molecule has 1 atom stereocenters. The molecule has 0 saturated carbocycles. The van der Waals surface area contributed by atoms with E-state index in [1.54, 1.807) is 12.3 Å². The Morgan fingerprint density at radius 3 is 2.57 bits per heavy atom. The lowest BCUT2D eigenvalue weighted by atomic mass is 10.2. The van der Waals surface area contributed by atoms with Crippen molar-refractivity contribution in [2.75, 3.05) is 23.3 Å². The topological polar surface area (TPSA) is 57.3 Å². The van der Waals surface area contributed by atoms with E-state index in [0.29, 0.717) is 17.3 Å². The van der Waals surface area contributed by atoms with Crippen LogP contribution >= 0.6 is 11.6 Å². The monoisotopic (exact) mass is 424 g/mol. The lowest BCUT2D eigenvalue weighted by Crippen LogP contribution is -2.32. The van der Waals surface area contributed by atoms with Crippen LogP contribution in [0.15, 0.2) is 66.9 Å². The molecule has 1 amide bonds. The second-order valence-corrected chi connectivity index (χ2v) is 7.74. The zero-order chi connectivity index (χ0) is 20.9. The van der Waals surface area contributed by atoms with Crippen molar-refractivity contribution in [1.29, 1.82) is 0 Å². The molecule has 1 fully saturated rings. The Morgan fingerprint density at radius 2 is 1.87 bits per heavy atom. The van der Waals surface area contributed by atoms with Crippen LogP contribution in [0, 0.1) is 5.82 Å². The second-order valence-electron chi connectivity index (χ2n) is 7.31. The van der Waals surface area contributed by atoms with E-state index in [-0.39, 0.29) is 11.7 Å². The maximum atomic E-state index is 13.0. The molecule has 154 valence electrons. The van der Waals surface area contributed by atoms with Gasteiger partial charge in [-0.2, -0.15) is 0 Å². The van der Waals surface area contributed by atoms with Crippen LogP contribution in [0.5, 0.6) is 0 Å². The Morgan fingerprint density at radius 1 is 1.10 bits per heavy atom. The van der Waals surface area contributed by atoms with Gasteiger partial charge in [0.25, 0.3) is 5.91 Å². The van der Waals surface area contributed by atoms with Crippen molar-refractivity contribution in [3.05, 3.63) is 88.8 Å². The molecule has 30 heavy (non-hydrogen) atoms. The number of benzene rings is 2. The second kappa shape index (κ2) is 9.24. The largest absolute Gasteiger partial charge is 0.355 e. The number of rotatable bonds is 6. The van der Waals surface area contributed by atoms with Crippen LogP contribution in [0.25, 0.3) is 0 Å². The highest BCUT2D eigenvalue weighted by atomic mass is 35.5. The maximum absolute atomic E-state index is 13.0. The molecular formula is C23H22ClFN4O. The average molecular weight is 425 g/mol. The quantitative estimate of drug-likeness (QED) is 0.612. The number of hydrogen-bond donors (Lipinski definition) is 2. The van der Waals surface area contributed by atoms with E-state index in [4.69, 9.17) is 11.6 Å². The van der Waals surface area contributed by atoms with E-state index < -0.39 is 0 Å². The van der Waals surface area contributed by atoms with Crippen LogP contribution in [-0.4, -0.2) is 30.0 Å². The number of halogens is 2. The first-order valence-electron chi connectivity index (χ1n) is 9.82. The molecule has 1 aliphatic heterocycles. The van der Waals surface area contributed by atoms with Gasteiger partial charge in [0.05, 0.1) is 5.56 Å². The van der Waals surface area contributed by atoms with Crippen LogP contribution in [-0.2, 0) is 6.54 Å². The van der Waals surface area contributed by atoms with Crippen molar-refractivity contribution in [2.45, 2.75) is 19.0 Å². The molecule has 1 saturated heterocycles. The first-order chi connectivity index (χ1) is 14.6. The Bertz CT molecular complexity index is 993. The van der Waals surface area contributed by atoms with Crippen molar-refractivity contribution < 1.29 is 9.18 Å². The average Bonchev–Trinajstić information content (AvgIpc) is 3.24. The van der Waals surface area contributed by atoms with Gasteiger partial charge in [-0.15, -0.1) is 0 Å². The van der Waals surface area contributed by atoms with Gasteiger partial charge in [0.1, 0.15) is 11.6 Å². The van der Waals surface area contributed by atoms with E-state index in [9.17, 15) is 9.18 Å². The van der Waals surface area contributed by atoms with Crippen LogP contribution in [0.3, 0.4) is 0 Å². The Balaban J connectivity index is 1.30. The Hall–Kier alpha value is -2.96. The summed E-state index contributed by atoms with van der Waals surface area (Å²) < 4.78 is 13.0. The fourth-order valence-corrected chi connectivity index (χ4v) is 3.57. The zero-order valence-corrected chi connectivity index (χ0v) is 17.1. The lowest BCUT2D eigenvalue weighted by molar-refractivity contribution is 0.102. The molecule has 2 N–H and O–H groups in total. The van der Waals surface area contributed by atoms with E-state index in [2.05, 4.69) is 20.5 Å². The third kappa shape index (κ3) is 5.14. The van der Waals surface area contributed by atoms with Gasteiger partial charge in [0.2, 0.25) is 0 Å². The van der Waals surface area contributed by atoms with Crippen LogP contribution in [0.1, 0.15) is 22.3 Å². The number of anilines is 2. The van der Waals surface area contributed by atoms with Crippen molar-refractivity contribution in [3.8, 4) is 0 Å². The summed E-state index contributed by atoms with van der Waals surface area (Å²) in [4.78, 5) is 19.0. The van der Waals surface area contributed by atoms with Crippen molar-refractivity contribution in [3.63, 3.8) is 0 Å². The number of carbonyl (C=O) groups is 1. The zero-order valence-electron chi connectivity index (χ0n) is 16.3. The highest BCUT2D eigenvalue weighted by Gasteiger charge is 2.23. The third-order valence-corrected chi connectivity index (χ3v) is 5.38. The number of hydrogen-bond acceptors (Lipinski definition) is 4. The first-order valence-corrected chi connectivity index (χ1v) is 10.2. The SMILES string of the molecule is O=C(Nc1ccc(F)cc1)c1ccc(N2CC[C@@H](NCc3ccc(Cl)cc3)C2)nc1. The lowest BCUT2D eigenvalue weighted by Gasteiger charge is -2.18. The molecule has 0 spiro atoms. The van der Waals surface area contributed by atoms with Crippen molar-refractivity contribution in [1.82, 2.24) is 10.3 Å². The molecule has 0 bridgehead atoms. The summed E-state index contributed by atoms with van der Waals surface area (Å²) in [5.41, 5.74) is 2.20. The van der Waals surface area contributed by atoms with Crippen LogP contribution < -0.4 is 15.5 Å². The molecule has 0 aliphatic carbocycles. The van der Waals surface area contributed by atoms with Gasteiger partial charge in [0, 0.05) is 42.6 Å². The molecule has 1 aliphatic rings. The van der Waals surface area contributed by atoms with Crippen molar-refractivity contribution >= 4 is 29.0 Å². The summed E-state index contributed by atoms with van der Waals surface area (Å²) in [6.45, 7) is 2.57. The third-order valence-electron chi connectivity index (χ3n) is 5.13. The number of aromatic nitrogens is 1. The highest BCUT2D eigenvalue weighted by molar-refractivity contribution is 6.30. The Kier molecular flexibility index (Phi) is 6.26. The summed E-state index contributed by atoms with van der Waals surface area (Å²) in [6.07, 6.45) is 2.60. The molecule has 3 aromatic rings. The summed E-state index contributed by atoms with van der Waals surface area (Å²) in [6, 6.07) is 17.5. The normalized spacial score (nSPS) is 15.9. The highest BCUT2D eigenvalue weighted by Crippen LogP contribution is 2.19. The van der Waals surface area contributed by atoms with E-state index in [1.165, 1.54) is 29.8 Å². The van der Waals surface area contributed by atoms with E-state index in [0.717, 1.165) is 36.9 Å². The fraction of sp³-hybridized carbons (Fsp3) is 0.217. The molecule has 2 aromatic carbocycles. The minimum absolute atomic E-state index is 0.274. The fourth-order valence-electron chi connectivity index (χ4n) is 3.44. The number of nitrogens with one attached hydrogen (secondary N) is 2. The van der Waals surface area contributed by atoms with Gasteiger partial charge < -0.3 is 15.5 Å². The number of amides is 1. The number of nitrogens with zero attached hydrogens (tertiary/aromatic N) is 2. The number of pyridine rings is 1. The smallest absolute Gasteiger partial charge is 0.257 e. The summed E-state index contributed by atoms with van der Waals surface area (Å²) >= 11 is 5.93. The maximum Gasteiger partial charge on any atom is 0.257 e. The van der Waals surface area contributed by atoms with E-state index in [1.807, 2.05) is 30.3 Å². The minimum Gasteiger partial charge on any atom is -0.355 e. The van der Waals surface area contributed by atoms with Gasteiger partial charge in [-0.3, -0.25) is 4.79 Å². The Labute approximate surface area is 179 Å². The van der Waals surface area contributed by atoms with Crippen LogP contribution in [0.4, 0.5) is 15.9 Å². The van der Waals surface area contributed by atoms with Crippen LogP contribution in [0.2, 0.25) is 5.02 Å². The van der Waals surface area contributed by atoms with Gasteiger partial charge in [-0.1, -0.05) is 23.7 Å². The molecule has 1 aromatic heterocycles. The molecule has 0 unspecified atom stereocenters. The molecule has 0 radical (unpaired) electrons. The number of carbonyl (C=O) groups excluding carboxylic acids is 1. The van der Waals surface area contributed by atoms with E-state index >= 15 is 0 Å². The summed E-state index contributed by atoms with van der Waals surface area (Å²) in [5.74, 6) is 0.235. The first kappa shape index (κ1) is 20.3. The molecule has 2 heterocycles. The van der Waals surface area contributed by atoms with Gasteiger partial charge in [0.15, 0.2) is 0 Å². The summed E-state index contributed by atoms with van der Waals surface area (Å²) in [7, 11) is 0. The van der Waals surface area contributed by atoms with Gasteiger partial charge in [-0.25, -0.2) is 9.37 Å². The van der Waals surface area contributed by atoms with Gasteiger partial charge >= 0.3 is 0 Å². The van der Waals surface area contributed by atoms with Gasteiger partial charge in [-0.05, 0) is 60.5 Å². The molecular weight excluding hydrogens is 403 g/mol.